The van der Waals surface area contributed by atoms with Gasteiger partial charge < -0.3 is 10.5 Å². The van der Waals surface area contributed by atoms with Gasteiger partial charge in [0.2, 0.25) is 0 Å². The average molecular weight is 281 g/mol. The number of hydrogen-bond acceptors (Lipinski definition) is 2. The number of aryl methyl sites for hydroxylation is 1. The molecule has 106 valence electrons. The second-order valence-electron chi connectivity index (χ2n) is 5.07. The molecular formula is C18H16FNO. The van der Waals surface area contributed by atoms with Crippen molar-refractivity contribution >= 4 is 16.5 Å². The summed E-state index contributed by atoms with van der Waals surface area (Å²) < 4.78 is 19.5. The number of hydrogen-bond donors (Lipinski definition) is 1. The van der Waals surface area contributed by atoms with Crippen LogP contribution in [-0.2, 0) is 6.61 Å². The van der Waals surface area contributed by atoms with Crippen LogP contribution < -0.4 is 10.5 Å². The standard InChI is InChI=1S/C18H16FNO/c1-12-9-18(16(19)10-17(12)20)21-11-14-7-4-6-13-5-2-3-8-15(13)14/h2-10H,11,20H2,1H3. The maximum Gasteiger partial charge on any atom is 0.167 e. The number of anilines is 1. The van der Waals surface area contributed by atoms with Crippen molar-refractivity contribution in [1.29, 1.82) is 0 Å². The molecule has 3 heteroatoms. The zero-order valence-electron chi connectivity index (χ0n) is 11.8. The normalized spacial score (nSPS) is 10.8. The van der Waals surface area contributed by atoms with Crippen molar-refractivity contribution in [2.45, 2.75) is 13.5 Å². The summed E-state index contributed by atoms with van der Waals surface area (Å²) in [5, 5.41) is 2.26. The van der Waals surface area contributed by atoms with Crippen LogP contribution in [0.5, 0.6) is 5.75 Å². The zero-order chi connectivity index (χ0) is 14.8. The quantitative estimate of drug-likeness (QED) is 0.720. The Hall–Kier alpha value is -2.55. The highest BCUT2D eigenvalue weighted by Crippen LogP contribution is 2.25. The van der Waals surface area contributed by atoms with Gasteiger partial charge in [-0.05, 0) is 34.9 Å². The van der Waals surface area contributed by atoms with E-state index in [-0.39, 0.29) is 5.75 Å². The van der Waals surface area contributed by atoms with Crippen LogP contribution in [0, 0.1) is 12.7 Å². The molecule has 21 heavy (non-hydrogen) atoms. The summed E-state index contributed by atoms with van der Waals surface area (Å²) in [5.41, 5.74) is 7.95. The SMILES string of the molecule is Cc1cc(OCc2cccc3ccccc23)c(F)cc1N. The van der Waals surface area contributed by atoms with Crippen molar-refractivity contribution in [2.75, 3.05) is 5.73 Å². The molecule has 3 aromatic rings. The molecule has 0 saturated heterocycles. The van der Waals surface area contributed by atoms with E-state index >= 15 is 0 Å². The molecule has 0 radical (unpaired) electrons. The van der Waals surface area contributed by atoms with Gasteiger partial charge in [-0.1, -0.05) is 42.5 Å². The smallest absolute Gasteiger partial charge is 0.167 e. The highest BCUT2D eigenvalue weighted by Gasteiger charge is 2.08. The summed E-state index contributed by atoms with van der Waals surface area (Å²) in [6, 6.07) is 17.0. The summed E-state index contributed by atoms with van der Waals surface area (Å²) in [5.74, 6) is -0.201. The van der Waals surface area contributed by atoms with Gasteiger partial charge in [0.25, 0.3) is 0 Å². The average Bonchev–Trinajstić information content (AvgIpc) is 2.49. The highest BCUT2D eigenvalue weighted by molar-refractivity contribution is 5.85. The van der Waals surface area contributed by atoms with Gasteiger partial charge in [0, 0.05) is 11.8 Å². The van der Waals surface area contributed by atoms with Crippen molar-refractivity contribution in [3.63, 3.8) is 0 Å². The lowest BCUT2D eigenvalue weighted by Gasteiger charge is -2.11. The third-order valence-corrected chi connectivity index (χ3v) is 3.58. The molecule has 0 aliphatic heterocycles. The van der Waals surface area contributed by atoms with E-state index in [9.17, 15) is 4.39 Å². The van der Waals surface area contributed by atoms with Crippen LogP contribution in [0.3, 0.4) is 0 Å². The molecule has 0 amide bonds. The zero-order valence-corrected chi connectivity index (χ0v) is 11.8. The summed E-state index contributed by atoms with van der Waals surface area (Å²) in [6.07, 6.45) is 0. The van der Waals surface area contributed by atoms with E-state index in [2.05, 4.69) is 0 Å². The molecule has 3 rings (SSSR count). The van der Waals surface area contributed by atoms with Crippen LogP contribution in [0.25, 0.3) is 10.8 Å². The van der Waals surface area contributed by atoms with E-state index in [0.29, 0.717) is 12.3 Å². The topological polar surface area (TPSA) is 35.2 Å². The fraction of sp³-hybridized carbons (Fsp3) is 0.111. The van der Waals surface area contributed by atoms with Gasteiger partial charge in [-0.3, -0.25) is 0 Å². The number of nitrogens with two attached hydrogens (primary N) is 1. The maximum absolute atomic E-state index is 13.8. The van der Waals surface area contributed by atoms with Gasteiger partial charge in [-0.25, -0.2) is 4.39 Å². The Labute approximate surface area is 123 Å². The van der Waals surface area contributed by atoms with E-state index in [1.165, 1.54) is 6.07 Å². The minimum atomic E-state index is -0.432. The summed E-state index contributed by atoms with van der Waals surface area (Å²) in [7, 11) is 0. The second kappa shape index (κ2) is 5.44. The molecule has 2 N–H and O–H groups in total. The Morgan fingerprint density at radius 2 is 1.81 bits per heavy atom. The second-order valence-corrected chi connectivity index (χ2v) is 5.07. The first-order chi connectivity index (χ1) is 10.1. The molecule has 0 aliphatic carbocycles. The van der Waals surface area contributed by atoms with Gasteiger partial charge in [-0.15, -0.1) is 0 Å². The maximum atomic E-state index is 13.8. The summed E-state index contributed by atoms with van der Waals surface area (Å²) >= 11 is 0. The first kappa shape index (κ1) is 13.4. The molecule has 0 heterocycles. The van der Waals surface area contributed by atoms with Crippen molar-refractivity contribution < 1.29 is 9.13 Å². The molecule has 0 spiro atoms. The van der Waals surface area contributed by atoms with Crippen LogP contribution in [0.15, 0.2) is 54.6 Å². The first-order valence-electron chi connectivity index (χ1n) is 6.80. The monoisotopic (exact) mass is 281 g/mol. The number of nitrogen functional groups attached to an aromatic ring is 1. The van der Waals surface area contributed by atoms with Gasteiger partial charge >= 0.3 is 0 Å². The number of benzene rings is 3. The number of halogens is 1. The molecule has 0 atom stereocenters. The first-order valence-corrected chi connectivity index (χ1v) is 6.80. The van der Waals surface area contributed by atoms with Gasteiger partial charge in [0.1, 0.15) is 6.61 Å². The van der Waals surface area contributed by atoms with E-state index in [1.807, 2.05) is 49.4 Å². The van der Waals surface area contributed by atoms with Crippen molar-refractivity contribution in [3.8, 4) is 5.75 Å². The van der Waals surface area contributed by atoms with Crippen LogP contribution >= 0.6 is 0 Å². The van der Waals surface area contributed by atoms with Gasteiger partial charge in [0.05, 0.1) is 0 Å². The molecule has 0 saturated carbocycles. The summed E-state index contributed by atoms with van der Waals surface area (Å²) in [6.45, 7) is 2.15. The number of fused-ring (bicyclic) bond motifs is 1. The lowest BCUT2D eigenvalue weighted by Crippen LogP contribution is -2.00. The molecule has 0 aliphatic rings. The van der Waals surface area contributed by atoms with Crippen molar-refractivity contribution in [1.82, 2.24) is 0 Å². The molecule has 0 fully saturated rings. The number of ether oxygens (including phenoxy) is 1. The largest absolute Gasteiger partial charge is 0.486 e. The van der Waals surface area contributed by atoms with Gasteiger partial charge in [-0.2, -0.15) is 0 Å². The third-order valence-electron chi connectivity index (χ3n) is 3.58. The van der Waals surface area contributed by atoms with E-state index in [0.717, 1.165) is 21.9 Å². The van der Waals surface area contributed by atoms with Crippen molar-refractivity contribution in [2.24, 2.45) is 0 Å². The Morgan fingerprint density at radius 1 is 1.05 bits per heavy atom. The van der Waals surface area contributed by atoms with Crippen LogP contribution in [0.4, 0.5) is 10.1 Å². The Balaban J connectivity index is 1.89. The van der Waals surface area contributed by atoms with E-state index in [1.54, 1.807) is 6.07 Å². The van der Waals surface area contributed by atoms with Gasteiger partial charge in [0.15, 0.2) is 11.6 Å². The fourth-order valence-corrected chi connectivity index (χ4v) is 2.35. The minimum absolute atomic E-state index is 0.231. The fourth-order valence-electron chi connectivity index (χ4n) is 2.35. The predicted octanol–water partition coefficient (Wildman–Crippen LogP) is 4.45. The summed E-state index contributed by atoms with van der Waals surface area (Å²) in [4.78, 5) is 0. The van der Waals surface area contributed by atoms with Crippen LogP contribution in [-0.4, -0.2) is 0 Å². The minimum Gasteiger partial charge on any atom is -0.486 e. The lowest BCUT2D eigenvalue weighted by atomic mass is 10.1. The number of rotatable bonds is 3. The predicted molar refractivity (Wildman–Crippen MR) is 83.8 cm³/mol. The molecule has 0 aromatic heterocycles. The van der Waals surface area contributed by atoms with E-state index < -0.39 is 5.82 Å². The molecule has 3 aromatic carbocycles. The molecule has 0 bridgehead atoms. The highest BCUT2D eigenvalue weighted by atomic mass is 19.1. The van der Waals surface area contributed by atoms with E-state index in [4.69, 9.17) is 10.5 Å². The van der Waals surface area contributed by atoms with Crippen LogP contribution in [0.2, 0.25) is 0 Å². The Morgan fingerprint density at radius 3 is 2.67 bits per heavy atom. The molecular weight excluding hydrogens is 265 g/mol. The molecule has 0 unspecified atom stereocenters. The third kappa shape index (κ3) is 2.68. The molecule has 2 nitrogen and oxygen atoms in total. The van der Waals surface area contributed by atoms with Crippen molar-refractivity contribution in [3.05, 3.63) is 71.5 Å². The lowest BCUT2D eigenvalue weighted by molar-refractivity contribution is 0.291. The van der Waals surface area contributed by atoms with Crippen LogP contribution in [0.1, 0.15) is 11.1 Å². The Kier molecular flexibility index (Phi) is 3.48. The Bertz CT molecular complexity index is 793.